The highest BCUT2D eigenvalue weighted by molar-refractivity contribution is 6.25. The molecule has 1 fully saturated rings. The number of likely N-dealkylation sites (tertiary alicyclic amines) is 1. The van der Waals surface area contributed by atoms with Crippen molar-refractivity contribution in [3.05, 3.63) is 11.3 Å². The van der Waals surface area contributed by atoms with Crippen molar-refractivity contribution in [3.63, 3.8) is 0 Å². The molecule has 4 heteroatoms. The summed E-state index contributed by atoms with van der Waals surface area (Å²) in [5, 5.41) is 9.96. The van der Waals surface area contributed by atoms with Crippen molar-refractivity contribution in [3.8, 4) is 0 Å². The Bertz CT molecular complexity index is 415. The molecule has 0 saturated carbocycles. The Morgan fingerprint density at radius 1 is 0.913 bits per heavy atom. The average Bonchev–Trinajstić information content (AvgIpc) is 2.77. The first-order chi connectivity index (χ1) is 11.1. The number of rotatable bonds is 12. The number of nitrogens with zero attached hydrogens (tertiary/aromatic N) is 1. The molecule has 0 unspecified atom stereocenters. The third-order valence-corrected chi connectivity index (χ3v) is 4.53. The van der Waals surface area contributed by atoms with Crippen LogP contribution in [0.15, 0.2) is 11.3 Å². The van der Waals surface area contributed by atoms with E-state index in [-0.39, 0.29) is 29.6 Å². The Morgan fingerprint density at radius 2 is 1.39 bits per heavy atom. The number of hydrogen-bond donors (Lipinski definition) is 1. The standard InChI is InChI=1S/C19H33NO3/c1-3-4-5-6-7-8-9-10-11-12-13-14-16(21)18-17(22)15-20(2)19(18)23/h21H,3-15H2,1-2H3/b18-16+. The molecule has 0 aromatic rings. The van der Waals surface area contributed by atoms with Gasteiger partial charge >= 0.3 is 0 Å². The number of carbonyl (C=O) groups is 2. The topological polar surface area (TPSA) is 57.6 Å². The first-order valence-corrected chi connectivity index (χ1v) is 9.28. The molecule has 0 spiro atoms. The van der Waals surface area contributed by atoms with Crippen molar-refractivity contribution < 1.29 is 14.7 Å². The van der Waals surface area contributed by atoms with E-state index in [9.17, 15) is 14.7 Å². The van der Waals surface area contributed by atoms with Gasteiger partial charge in [-0.3, -0.25) is 9.59 Å². The number of amides is 1. The van der Waals surface area contributed by atoms with Crippen molar-refractivity contribution >= 4 is 11.7 Å². The number of carbonyl (C=O) groups excluding carboxylic acids is 2. The normalized spacial score (nSPS) is 17.2. The van der Waals surface area contributed by atoms with Gasteiger partial charge in [0.05, 0.1) is 6.54 Å². The van der Waals surface area contributed by atoms with Gasteiger partial charge in [0.1, 0.15) is 11.3 Å². The maximum absolute atomic E-state index is 11.7. The average molecular weight is 323 g/mol. The van der Waals surface area contributed by atoms with E-state index in [2.05, 4.69) is 6.92 Å². The molecule has 1 rings (SSSR count). The first kappa shape index (κ1) is 19.7. The minimum atomic E-state index is -0.337. The van der Waals surface area contributed by atoms with E-state index in [1.165, 1.54) is 62.7 Å². The Balaban J connectivity index is 2.05. The molecular weight excluding hydrogens is 290 g/mol. The molecule has 1 heterocycles. The summed E-state index contributed by atoms with van der Waals surface area (Å²) in [4.78, 5) is 24.8. The lowest BCUT2D eigenvalue weighted by molar-refractivity contribution is -0.123. The lowest BCUT2D eigenvalue weighted by atomic mass is 10.0. The quantitative estimate of drug-likeness (QED) is 0.248. The van der Waals surface area contributed by atoms with Gasteiger partial charge in [-0.15, -0.1) is 0 Å². The van der Waals surface area contributed by atoms with Crippen LogP contribution in [-0.4, -0.2) is 35.3 Å². The van der Waals surface area contributed by atoms with Gasteiger partial charge in [-0.2, -0.15) is 0 Å². The molecule has 0 aromatic heterocycles. The smallest absolute Gasteiger partial charge is 0.261 e. The summed E-state index contributed by atoms with van der Waals surface area (Å²) >= 11 is 0. The number of aliphatic hydroxyl groups excluding tert-OH is 1. The largest absolute Gasteiger partial charge is 0.511 e. The molecule has 0 aliphatic carbocycles. The van der Waals surface area contributed by atoms with E-state index < -0.39 is 0 Å². The van der Waals surface area contributed by atoms with Crippen LogP contribution in [0, 0.1) is 0 Å². The van der Waals surface area contributed by atoms with Crippen molar-refractivity contribution in [2.24, 2.45) is 0 Å². The summed E-state index contributed by atoms with van der Waals surface area (Å²) in [6.07, 6.45) is 14.1. The Hall–Kier alpha value is -1.32. The van der Waals surface area contributed by atoms with Gasteiger partial charge in [-0.1, -0.05) is 71.1 Å². The summed E-state index contributed by atoms with van der Waals surface area (Å²) in [6, 6.07) is 0. The monoisotopic (exact) mass is 323 g/mol. The molecule has 0 bridgehead atoms. The van der Waals surface area contributed by atoms with E-state index in [0.29, 0.717) is 6.42 Å². The van der Waals surface area contributed by atoms with Gasteiger partial charge in [0, 0.05) is 13.5 Å². The van der Waals surface area contributed by atoms with E-state index in [0.717, 1.165) is 12.8 Å². The van der Waals surface area contributed by atoms with E-state index in [4.69, 9.17) is 0 Å². The molecule has 4 nitrogen and oxygen atoms in total. The van der Waals surface area contributed by atoms with Crippen molar-refractivity contribution in [1.29, 1.82) is 0 Å². The highest BCUT2D eigenvalue weighted by Gasteiger charge is 2.33. The van der Waals surface area contributed by atoms with E-state index in [1.807, 2.05) is 0 Å². The van der Waals surface area contributed by atoms with Gasteiger partial charge < -0.3 is 10.0 Å². The van der Waals surface area contributed by atoms with E-state index >= 15 is 0 Å². The molecular formula is C19H33NO3. The van der Waals surface area contributed by atoms with Crippen LogP contribution < -0.4 is 0 Å². The summed E-state index contributed by atoms with van der Waals surface area (Å²) in [5.74, 6) is -0.603. The second-order valence-corrected chi connectivity index (χ2v) is 6.69. The number of allylic oxidation sites excluding steroid dienone is 1. The number of Topliss-reactive ketones (excluding diaryl/α,β-unsaturated/α-hetero) is 1. The minimum absolute atomic E-state index is 0.0135. The molecule has 1 aliphatic heterocycles. The number of aliphatic hydroxyl groups is 1. The predicted octanol–water partition coefficient (Wildman–Crippen LogP) is 4.54. The highest BCUT2D eigenvalue weighted by atomic mass is 16.3. The number of hydrogen-bond acceptors (Lipinski definition) is 3. The zero-order valence-corrected chi connectivity index (χ0v) is 14.9. The second-order valence-electron chi connectivity index (χ2n) is 6.69. The Labute approximate surface area is 140 Å². The number of unbranched alkanes of at least 4 members (excludes halogenated alkanes) is 10. The molecule has 1 N–H and O–H groups in total. The molecule has 23 heavy (non-hydrogen) atoms. The maximum atomic E-state index is 11.7. The second kappa shape index (κ2) is 11.3. The van der Waals surface area contributed by atoms with Crippen LogP contribution in [0.3, 0.4) is 0 Å². The minimum Gasteiger partial charge on any atom is -0.511 e. The molecule has 1 aliphatic rings. The zero-order chi connectivity index (χ0) is 17.1. The fourth-order valence-corrected chi connectivity index (χ4v) is 3.04. The van der Waals surface area contributed by atoms with Crippen LogP contribution in [0.4, 0.5) is 0 Å². The van der Waals surface area contributed by atoms with E-state index in [1.54, 1.807) is 7.05 Å². The summed E-state index contributed by atoms with van der Waals surface area (Å²) < 4.78 is 0. The first-order valence-electron chi connectivity index (χ1n) is 9.28. The highest BCUT2D eigenvalue weighted by Crippen LogP contribution is 2.19. The maximum Gasteiger partial charge on any atom is 0.261 e. The molecule has 132 valence electrons. The third kappa shape index (κ3) is 7.19. The van der Waals surface area contributed by atoms with Crippen LogP contribution in [0.5, 0.6) is 0 Å². The molecule has 0 aromatic carbocycles. The summed E-state index contributed by atoms with van der Waals surface area (Å²) in [7, 11) is 1.59. The van der Waals surface area contributed by atoms with Gasteiger partial charge in [0.15, 0.2) is 5.78 Å². The van der Waals surface area contributed by atoms with Crippen LogP contribution in [0.2, 0.25) is 0 Å². The summed E-state index contributed by atoms with van der Waals surface area (Å²) in [5.41, 5.74) is 0.0135. The van der Waals surface area contributed by atoms with Crippen molar-refractivity contribution in [2.45, 2.75) is 84.0 Å². The lowest BCUT2D eigenvalue weighted by Crippen LogP contribution is -2.19. The Kier molecular flexibility index (Phi) is 9.65. The van der Waals surface area contributed by atoms with Crippen molar-refractivity contribution in [1.82, 2.24) is 4.90 Å². The van der Waals surface area contributed by atoms with Crippen LogP contribution in [0.25, 0.3) is 0 Å². The number of ketones is 1. The number of likely N-dealkylation sites (N-methyl/N-ethyl adjacent to an activating group) is 1. The Morgan fingerprint density at radius 3 is 1.83 bits per heavy atom. The van der Waals surface area contributed by atoms with Crippen LogP contribution in [-0.2, 0) is 9.59 Å². The fourth-order valence-electron chi connectivity index (χ4n) is 3.04. The predicted molar refractivity (Wildman–Crippen MR) is 93.4 cm³/mol. The molecule has 0 radical (unpaired) electrons. The molecule has 1 saturated heterocycles. The zero-order valence-electron chi connectivity index (χ0n) is 14.9. The van der Waals surface area contributed by atoms with Crippen molar-refractivity contribution in [2.75, 3.05) is 13.6 Å². The fraction of sp³-hybridized carbons (Fsp3) is 0.789. The van der Waals surface area contributed by atoms with Gasteiger partial charge in [0.2, 0.25) is 0 Å². The van der Waals surface area contributed by atoms with Crippen LogP contribution in [0.1, 0.15) is 84.0 Å². The third-order valence-electron chi connectivity index (χ3n) is 4.53. The molecule has 1 amide bonds. The summed E-state index contributed by atoms with van der Waals surface area (Å²) in [6.45, 7) is 2.33. The lowest BCUT2D eigenvalue weighted by Gasteiger charge is -2.05. The van der Waals surface area contributed by atoms with Gasteiger partial charge in [-0.25, -0.2) is 0 Å². The van der Waals surface area contributed by atoms with Crippen LogP contribution >= 0.6 is 0 Å². The molecule has 0 atom stereocenters. The van der Waals surface area contributed by atoms with Gasteiger partial charge in [-0.05, 0) is 6.42 Å². The SMILES string of the molecule is CCCCCCCCCCCCC/C(O)=C1/C(=O)CN(C)C1=O. The van der Waals surface area contributed by atoms with Gasteiger partial charge in [0.25, 0.3) is 5.91 Å².